The maximum atomic E-state index is 11.8. The molecule has 2 aromatic rings. The van der Waals surface area contributed by atoms with Crippen molar-refractivity contribution in [2.24, 2.45) is 5.92 Å². The fraction of sp³-hybridized carbons (Fsp3) is 0.357. The molecule has 0 atom stereocenters. The van der Waals surface area contributed by atoms with Gasteiger partial charge in [-0.3, -0.25) is 4.79 Å². The minimum Gasteiger partial charge on any atom is -0.300 e. The van der Waals surface area contributed by atoms with Gasteiger partial charge < -0.3 is 5.32 Å². The standard InChI is InChI=1S/C14H15N3OS2/c18-12(11-7-4-8-11)15-13-16-17-14(20-13)19-9-10-5-2-1-3-6-10/h1-3,5-6,11H,4,7-9H2,(H,15,16,18). The van der Waals surface area contributed by atoms with Crippen molar-refractivity contribution < 1.29 is 4.79 Å². The molecule has 0 saturated heterocycles. The zero-order valence-electron chi connectivity index (χ0n) is 10.9. The Morgan fingerprint density at radius 3 is 2.80 bits per heavy atom. The van der Waals surface area contributed by atoms with Crippen LogP contribution in [0.3, 0.4) is 0 Å². The molecule has 4 nitrogen and oxygen atoms in total. The van der Waals surface area contributed by atoms with Crippen LogP contribution in [-0.2, 0) is 10.5 Å². The number of carbonyl (C=O) groups excluding carboxylic acids is 1. The summed E-state index contributed by atoms with van der Waals surface area (Å²) >= 11 is 3.08. The largest absolute Gasteiger partial charge is 0.300 e. The number of nitrogens with one attached hydrogen (secondary N) is 1. The van der Waals surface area contributed by atoms with Gasteiger partial charge in [-0.2, -0.15) is 0 Å². The summed E-state index contributed by atoms with van der Waals surface area (Å²) < 4.78 is 0.887. The Morgan fingerprint density at radius 2 is 2.10 bits per heavy atom. The summed E-state index contributed by atoms with van der Waals surface area (Å²) in [6.45, 7) is 0. The maximum Gasteiger partial charge on any atom is 0.229 e. The third-order valence-corrected chi connectivity index (χ3v) is 5.36. The number of thioether (sulfide) groups is 1. The Morgan fingerprint density at radius 1 is 1.30 bits per heavy atom. The van der Waals surface area contributed by atoms with Gasteiger partial charge >= 0.3 is 0 Å². The van der Waals surface area contributed by atoms with E-state index in [1.54, 1.807) is 11.8 Å². The molecular formula is C14H15N3OS2. The van der Waals surface area contributed by atoms with Crippen LogP contribution in [0.2, 0.25) is 0 Å². The highest BCUT2D eigenvalue weighted by Crippen LogP contribution is 2.31. The molecule has 1 N–H and O–H groups in total. The summed E-state index contributed by atoms with van der Waals surface area (Å²) in [5.41, 5.74) is 1.26. The highest BCUT2D eigenvalue weighted by molar-refractivity contribution is 8.00. The molecule has 0 aliphatic heterocycles. The van der Waals surface area contributed by atoms with Crippen LogP contribution in [0.15, 0.2) is 34.7 Å². The number of anilines is 1. The lowest BCUT2D eigenvalue weighted by atomic mass is 9.85. The van der Waals surface area contributed by atoms with Gasteiger partial charge in [0.2, 0.25) is 11.0 Å². The molecule has 1 amide bonds. The first-order chi connectivity index (χ1) is 9.81. The average molecular weight is 305 g/mol. The van der Waals surface area contributed by atoms with Crippen LogP contribution in [0.25, 0.3) is 0 Å². The Balaban J connectivity index is 1.52. The summed E-state index contributed by atoms with van der Waals surface area (Å²) in [7, 11) is 0. The second-order valence-corrected chi connectivity index (χ2v) is 6.96. The van der Waals surface area contributed by atoms with Crippen LogP contribution in [0, 0.1) is 5.92 Å². The van der Waals surface area contributed by atoms with Gasteiger partial charge in [-0.1, -0.05) is 59.9 Å². The van der Waals surface area contributed by atoms with Gasteiger partial charge in [0.05, 0.1) is 0 Å². The van der Waals surface area contributed by atoms with Crippen molar-refractivity contribution in [1.29, 1.82) is 0 Å². The van der Waals surface area contributed by atoms with E-state index in [1.807, 2.05) is 18.2 Å². The minimum atomic E-state index is 0.0898. The number of rotatable bonds is 5. The molecule has 0 unspecified atom stereocenters. The zero-order chi connectivity index (χ0) is 13.8. The predicted octanol–water partition coefficient (Wildman–Crippen LogP) is 3.57. The first kappa shape index (κ1) is 13.6. The maximum absolute atomic E-state index is 11.8. The molecular weight excluding hydrogens is 290 g/mol. The van der Waals surface area contributed by atoms with Crippen molar-refractivity contribution in [3.63, 3.8) is 0 Å². The molecule has 1 aliphatic rings. The number of hydrogen-bond acceptors (Lipinski definition) is 5. The van der Waals surface area contributed by atoms with Gasteiger partial charge in [-0.25, -0.2) is 0 Å². The van der Waals surface area contributed by atoms with Crippen molar-refractivity contribution in [2.75, 3.05) is 5.32 Å². The molecule has 6 heteroatoms. The van der Waals surface area contributed by atoms with Crippen molar-refractivity contribution in [2.45, 2.75) is 29.4 Å². The highest BCUT2D eigenvalue weighted by Gasteiger charge is 2.25. The van der Waals surface area contributed by atoms with E-state index in [-0.39, 0.29) is 11.8 Å². The van der Waals surface area contributed by atoms with E-state index < -0.39 is 0 Å². The lowest BCUT2D eigenvalue weighted by Crippen LogP contribution is -2.27. The molecule has 0 radical (unpaired) electrons. The van der Waals surface area contributed by atoms with Crippen LogP contribution in [0.4, 0.5) is 5.13 Å². The summed E-state index contributed by atoms with van der Waals surface area (Å²) in [4.78, 5) is 11.8. The van der Waals surface area contributed by atoms with Crippen LogP contribution in [-0.4, -0.2) is 16.1 Å². The SMILES string of the molecule is O=C(Nc1nnc(SCc2ccccc2)s1)C1CCC1. The zero-order valence-corrected chi connectivity index (χ0v) is 12.5. The molecule has 1 aliphatic carbocycles. The Hall–Kier alpha value is -1.40. The van der Waals surface area contributed by atoms with E-state index >= 15 is 0 Å². The van der Waals surface area contributed by atoms with Gasteiger partial charge in [0, 0.05) is 11.7 Å². The van der Waals surface area contributed by atoms with Crippen LogP contribution >= 0.6 is 23.1 Å². The van der Waals surface area contributed by atoms with Crippen molar-refractivity contribution in [1.82, 2.24) is 10.2 Å². The van der Waals surface area contributed by atoms with Crippen LogP contribution in [0.1, 0.15) is 24.8 Å². The van der Waals surface area contributed by atoms with Gasteiger partial charge in [0.15, 0.2) is 4.34 Å². The quantitative estimate of drug-likeness (QED) is 0.678. The van der Waals surface area contributed by atoms with Gasteiger partial charge in [0.1, 0.15) is 0 Å². The second-order valence-electron chi connectivity index (χ2n) is 4.76. The van der Waals surface area contributed by atoms with E-state index in [9.17, 15) is 4.79 Å². The number of nitrogens with zero attached hydrogens (tertiary/aromatic N) is 2. The van der Waals surface area contributed by atoms with Crippen molar-refractivity contribution >= 4 is 34.1 Å². The molecule has 0 spiro atoms. The minimum absolute atomic E-state index is 0.0898. The summed E-state index contributed by atoms with van der Waals surface area (Å²) in [6, 6.07) is 10.2. The number of aromatic nitrogens is 2. The molecule has 0 bridgehead atoms. The van der Waals surface area contributed by atoms with Crippen LogP contribution in [0.5, 0.6) is 0 Å². The third kappa shape index (κ3) is 3.37. The first-order valence-electron chi connectivity index (χ1n) is 6.62. The topological polar surface area (TPSA) is 54.9 Å². The van der Waals surface area contributed by atoms with E-state index in [1.165, 1.54) is 16.9 Å². The highest BCUT2D eigenvalue weighted by atomic mass is 32.2. The van der Waals surface area contributed by atoms with E-state index in [0.29, 0.717) is 5.13 Å². The van der Waals surface area contributed by atoms with E-state index in [2.05, 4.69) is 27.6 Å². The smallest absolute Gasteiger partial charge is 0.229 e. The monoisotopic (exact) mass is 305 g/mol. The van der Waals surface area contributed by atoms with Gasteiger partial charge in [-0.15, -0.1) is 10.2 Å². The normalized spacial score (nSPS) is 14.8. The fourth-order valence-electron chi connectivity index (χ4n) is 1.92. The lowest BCUT2D eigenvalue weighted by molar-refractivity contribution is -0.122. The third-order valence-electron chi connectivity index (χ3n) is 3.32. The Labute approximate surface area is 126 Å². The Bertz CT molecular complexity index is 581. The molecule has 1 aromatic carbocycles. The number of amides is 1. The predicted molar refractivity (Wildman–Crippen MR) is 81.9 cm³/mol. The molecule has 20 heavy (non-hydrogen) atoms. The van der Waals surface area contributed by atoms with Crippen LogP contribution < -0.4 is 5.32 Å². The number of hydrogen-bond donors (Lipinski definition) is 1. The molecule has 104 valence electrons. The summed E-state index contributed by atoms with van der Waals surface area (Å²) in [5, 5.41) is 11.6. The fourth-order valence-corrected chi connectivity index (χ4v) is 3.63. The van der Waals surface area contributed by atoms with Crippen molar-refractivity contribution in [3.05, 3.63) is 35.9 Å². The second kappa shape index (κ2) is 6.37. The average Bonchev–Trinajstić information content (AvgIpc) is 2.83. The molecule has 1 saturated carbocycles. The van der Waals surface area contributed by atoms with Gasteiger partial charge in [-0.05, 0) is 18.4 Å². The summed E-state index contributed by atoms with van der Waals surface area (Å²) in [5.74, 6) is 1.14. The number of carbonyl (C=O) groups is 1. The molecule has 3 rings (SSSR count). The lowest BCUT2D eigenvalue weighted by Gasteiger charge is -2.23. The Kier molecular flexibility index (Phi) is 4.32. The van der Waals surface area contributed by atoms with E-state index in [0.717, 1.165) is 29.4 Å². The molecule has 1 fully saturated rings. The summed E-state index contributed by atoms with van der Waals surface area (Å²) in [6.07, 6.45) is 3.16. The van der Waals surface area contributed by atoms with Crippen molar-refractivity contribution in [3.8, 4) is 0 Å². The van der Waals surface area contributed by atoms with E-state index in [4.69, 9.17) is 0 Å². The first-order valence-corrected chi connectivity index (χ1v) is 8.42. The molecule has 1 heterocycles. The molecule has 1 aromatic heterocycles. The number of benzene rings is 1. The van der Waals surface area contributed by atoms with Gasteiger partial charge in [0.25, 0.3) is 0 Å².